The average Bonchev–Trinajstić information content (AvgIpc) is 3.14. The zero-order chi connectivity index (χ0) is 15.9. The molecule has 23 heavy (non-hydrogen) atoms. The van der Waals surface area contributed by atoms with Gasteiger partial charge >= 0.3 is 5.97 Å². The molecule has 122 valence electrons. The maximum atomic E-state index is 11.1. The van der Waals surface area contributed by atoms with Gasteiger partial charge < -0.3 is 4.74 Å². The number of carbonyl (C=O) groups is 1. The van der Waals surface area contributed by atoms with E-state index in [2.05, 4.69) is 21.9 Å². The highest BCUT2D eigenvalue weighted by atomic mass is 17.2. The summed E-state index contributed by atoms with van der Waals surface area (Å²) < 4.78 is 4.89. The molecule has 3 atom stereocenters. The minimum absolute atomic E-state index is 0.0888. The first-order valence-electron chi connectivity index (χ1n) is 8.16. The van der Waals surface area contributed by atoms with Gasteiger partial charge in [-0.15, -0.1) is 0 Å². The number of epoxide rings is 1. The molecule has 0 aromatic heterocycles. The minimum Gasteiger partial charge on any atom is -0.370 e. The van der Waals surface area contributed by atoms with Gasteiger partial charge in [0.2, 0.25) is 0 Å². The predicted molar refractivity (Wildman–Crippen MR) is 87.2 cm³/mol. The van der Waals surface area contributed by atoms with Gasteiger partial charge in [-0.2, -0.15) is 4.89 Å². The monoisotopic (exact) mass is 314 g/mol. The molecule has 2 fully saturated rings. The molecule has 2 aliphatic carbocycles. The van der Waals surface area contributed by atoms with Crippen molar-refractivity contribution in [3.8, 4) is 0 Å². The quantitative estimate of drug-likeness (QED) is 0.274. The third-order valence-corrected chi connectivity index (χ3v) is 4.18. The molecule has 4 nitrogen and oxygen atoms in total. The Morgan fingerprint density at radius 1 is 1.17 bits per heavy atom. The molecule has 1 saturated heterocycles. The molecule has 0 N–H and O–H groups in total. The molecular weight excluding hydrogens is 292 g/mol. The zero-order valence-corrected chi connectivity index (χ0v) is 13.1. The lowest BCUT2D eigenvalue weighted by Gasteiger charge is -1.97. The number of ether oxygens (including phenoxy) is 1. The fourth-order valence-electron chi connectivity index (χ4n) is 2.81. The van der Waals surface area contributed by atoms with Crippen molar-refractivity contribution < 1.29 is 19.3 Å². The van der Waals surface area contributed by atoms with Gasteiger partial charge in [-0.25, -0.2) is 4.79 Å². The van der Waals surface area contributed by atoms with E-state index in [4.69, 9.17) is 4.74 Å². The topological polar surface area (TPSA) is 48.1 Å². The highest BCUT2D eigenvalue weighted by Gasteiger charge is 2.25. The molecule has 1 aromatic carbocycles. The average molecular weight is 314 g/mol. The molecule has 1 aliphatic heterocycles. The van der Waals surface area contributed by atoms with Crippen molar-refractivity contribution >= 4 is 12.0 Å². The van der Waals surface area contributed by atoms with Crippen molar-refractivity contribution in [1.82, 2.24) is 0 Å². The van der Waals surface area contributed by atoms with Crippen LogP contribution in [0.5, 0.6) is 0 Å². The van der Waals surface area contributed by atoms with Crippen LogP contribution in [0.1, 0.15) is 24.8 Å². The standard InChI is InChI=1S/C12H12O4.C7H10/c13-12(16-15-9-11-8-14-11)7-6-10-4-2-1-3-5-10;1-2-7-4-3-6(1)5-7/h1-7,11H,8-9H2;1-2,6-7H,3-5H2. The van der Waals surface area contributed by atoms with Gasteiger partial charge in [0.25, 0.3) is 0 Å². The van der Waals surface area contributed by atoms with Crippen LogP contribution in [-0.2, 0) is 19.3 Å². The fourth-order valence-corrected chi connectivity index (χ4v) is 2.81. The van der Waals surface area contributed by atoms with E-state index in [-0.39, 0.29) is 6.10 Å². The van der Waals surface area contributed by atoms with E-state index in [0.717, 1.165) is 17.4 Å². The molecule has 3 unspecified atom stereocenters. The molecule has 0 amide bonds. The Labute approximate surface area is 136 Å². The van der Waals surface area contributed by atoms with E-state index in [1.165, 1.54) is 25.3 Å². The molecule has 1 saturated carbocycles. The summed E-state index contributed by atoms with van der Waals surface area (Å²) >= 11 is 0. The Bertz CT molecular complexity index is 548. The lowest BCUT2D eigenvalue weighted by molar-refractivity contribution is -0.268. The van der Waals surface area contributed by atoms with Crippen LogP contribution < -0.4 is 0 Å². The van der Waals surface area contributed by atoms with Crippen molar-refractivity contribution in [3.63, 3.8) is 0 Å². The summed E-state index contributed by atoms with van der Waals surface area (Å²) in [5.74, 6) is 1.46. The van der Waals surface area contributed by atoms with Crippen LogP contribution in [0.2, 0.25) is 0 Å². The first kappa shape index (κ1) is 16.0. The van der Waals surface area contributed by atoms with Crippen LogP contribution in [-0.4, -0.2) is 25.3 Å². The molecule has 1 aromatic rings. The van der Waals surface area contributed by atoms with Crippen LogP contribution in [0, 0.1) is 11.8 Å². The molecule has 2 bridgehead atoms. The van der Waals surface area contributed by atoms with E-state index >= 15 is 0 Å². The number of rotatable bonds is 5. The first-order valence-corrected chi connectivity index (χ1v) is 8.16. The lowest BCUT2D eigenvalue weighted by Crippen LogP contribution is -2.06. The SMILES string of the molecule is C1=CC2CCC1C2.O=C(C=Cc1ccccc1)OOCC1CO1. The third kappa shape index (κ3) is 5.66. The Hall–Kier alpha value is -1.91. The van der Waals surface area contributed by atoms with E-state index in [1.807, 2.05) is 30.3 Å². The maximum absolute atomic E-state index is 11.1. The normalized spacial score (nSPS) is 26.9. The first-order chi connectivity index (χ1) is 11.3. The highest BCUT2D eigenvalue weighted by Crippen LogP contribution is 2.38. The zero-order valence-electron chi connectivity index (χ0n) is 13.1. The number of benzene rings is 1. The van der Waals surface area contributed by atoms with Crippen LogP contribution >= 0.6 is 0 Å². The molecule has 4 heteroatoms. The summed E-state index contributed by atoms with van der Waals surface area (Å²) in [6, 6.07) is 9.48. The summed E-state index contributed by atoms with van der Waals surface area (Å²) in [5.41, 5.74) is 0.935. The van der Waals surface area contributed by atoms with Gasteiger partial charge in [-0.1, -0.05) is 42.5 Å². The van der Waals surface area contributed by atoms with Crippen LogP contribution in [0.3, 0.4) is 0 Å². The van der Waals surface area contributed by atoms with Gasteiger partial charge in [-0.05, 0) is 42.7 Å². The number of hydrogen-bond donors (Lipinski definition) is 0. The van der Waals surface area contributed by atoms with Crippen molar-refractivity contribution in [3.05, 3.63) is 54.1 Å². The number of hydrogen-bond acceptors (Lipinski definition) is 4. The Kier molecular flexibility index (Phi) is 5.61. The van der Waals surface area contributed by atoms with E-state index in [1.54, 1.807) is 6.08 Å². The summed E-state index contributed by atoms with van der Waals surface area (Å²) in [5, 5.41) is 0. The van der Waals surface area contributed by atoms with Gasteiger partial charge in [0, 0.05) is 6.08 Å². The van der Waals surface area contributed by atoms with Gasteiger partial charge in [0.05, 0.1) is 6.61 Å². The smallest absolute Gasteiger partial charge is 0.365 e. The Balaban J connectivity index is 0.000000183. The van der Waals surface area contributed by atoms with E-state index < -0.39 is 5.97 Å². The van der Waals surface area contributed by atoms with Crippen LogP contribution in [0.25, 0.3) is 6.08 Å². The van der Waals surface area contributed by atoms with Crippen LogP contribution in [0.15, 0.2) is 48.6 Å². The van der Waals surface area contributed by atoms with E-state index in [9.17, 15) is 4.79 Å². The Morgan fingerprint density at radius 2 is 1.87 bits per heavy atom. The summed E-state index contributed by atoms with van der Waals surface area (Å²) in [7, 11) is 0. The number of carbonyl (C=O) groups excluding carboxylic acids is 1. The second kappa shape index (κ2) is 8.09. The fraction of sp³-hybridized carbons (Fsp3) is 0.421. The van der Waals surface area contributed by atoms with Crippen molar-refractivity contribution in [2.24, 2.45) is 11.8 Å². The van der Waals surface area contributed by atoms with Crippen molar-refractivity contribution in [2.45, 2.75) is 25.4 Å². The summed E-state index contributed by atoms with van der Waals surface area (Å²) in [6.07, 6.45) is 12.3. The number of allylic oxidation sites excluding steroid dienone is 2. The second-order valence-electron chi connectivity index (χ2n) is 6.10. The molecule has 0 radical (unpaired) electrons. The molecule has 3 aliphatic rings. The Morgan fingerprint density at radius 3 is 2.39 bits per heavy atom. The third-order valence-electron chi connectivity index (χ3n) is 4.18. The summed E-state index contributed by atoms with van der Waals surface area (Å²) in [6.45, 7) is 0.975. The van der Waals surface area contributed by atoms with Crippen LogP contribution in [0.4, 0.5) is 0 Å². The van der Waals surface area contributed by atoms with E-state index in [0.29, 0.717) is 13.2 Å². The number of fused-ring (bicyclic) bond motifs is 2. The largest absolute Gasteiger partial charge is 0.370 e. The van der Waals surface area contributed by atoms with Crippen molar-refractivity contribution in [2.75, 3.05) is 13.2 Å². The molecule has 1 heterocycles. The molecular formula is C19H22O4. The summed E-state index contributed by atoms with van der Waals surface area (Å²) in [4.78, 5) is 20.3. The van der Waals surface area contributed by atoms with Gasteiger partial charge in [0.15, 0.2) is 0 Å². The highest BCUT2D eigenvalue weighted by molar-refractivity contribution is 5.86. The second-order valence-corrected chi connectivity index (χ2v) is 6.10. The molecule has 4 rings (SSSR count). The van der Waals surface area contributed by atoms with Gasteiger partial charge in [-0.3, -0.25) is 4.89 Å². The van der Waals surface area contributed by atoms with Gasteiger partial charge in [0.1, 0.15) is 12.7 Å². The maximum Gasteiger partial charge on any atom is 0.365 e. The minimum atomic E-state index is -0.524. The predicted octanol–water partition coefficient (Wildman–Crippen LogP) is 3.55. The lowest BCUT2D eigenvalue weighted by atomic mass is 10.1. The van der Waals surface area contributed by atoms with Crippen molar-refractivity contribution in [1.29, 1.82) is 0 Å². The molecule has 0 spiro atoms.